The third kappa shape index (κ3) is 2.35. The summed E-state index contributed by atoms with van der Waals surface area (Å²) in [6, 6.07) is 7.69. The fourth-order valence-corrected chi connectivity index (χ4v) is 4.81. The van der Waals surface area contributed by atoms with E-state index in [1.165, 1.54) is 0 Å². The maximum atomic E-state index is 12.8. The highest BCUT2D eigenvalue weighted by atomic mass is 35.5. The lowest BCUT2D eigenvalue weighted by molar-refractivity contribution is -0.149. The zero-order chi connectivity index (χ0) is 16.2. The Morgan fingerprint density at radius 3 is 2.87 bits per heavy atom. The monoisotopic (exact) mass is 333 g/mol. The molecule has 1 N–H and O–H groups in total. The lowest BCUT2D eigenvalue weighted by Gasteiger charge is -2.23. The van der Waals surface area contributed by atoms with Crippen molar-refractivity contribution in [2.24, 2.45) is 17.3 Å². The summed E-state index contributed by atoms with van der Waals surface area (Å²) in [5.41, 5.74) is 0.430. The Bertz CT molecular complexity index is 676. The molecule has 4 atom stereocenters. The van der Waals surface area contributed by atoms with Crippen molar-refractivity contribution in [3.63, 3.8) is 0 Å². The van der Waals surface area contributed by atoms with Gasteiger partial charge in [-0.2, -0.15) is 0 Å². The number of carbonyl (C=O) groups is 2. The van der Waals surface area contributed by atoms with Crippen molar-refractivity contribution in [2.45, 2.75) is 31.6 Å². The van der Waals surface area contributed by atoms with E-state index in [4.69, 9.17) is 11.6 Å². The summed E-state index contributed by atoms with van der Waals surface area (Å²) in [4.78, 5) is 26.3. The topological polar surface area (TPSA) is 57.6 Å². The smallest absolute Gasteiger partial charge is 0.311 e. The molecular weight excluding hydrogens is 314 g/mol. The number of benzene rings is 1. The molecule has 23 heavy (non-hydrogen) atoms. The fraction of sp³-hybridized carbons (Fsp3) is 0.556. The molecule has 5 heteroatoms. The minimum atomic E-state index is -0.725. The number of rotatable bonds is 3. The molecule has 0 radical (unpaired) electrons. The standard InChI is InChI=1S/C18H20ClNO3/c19-13-5-1-3-11(7-13)14-8-15(14)16(21)20-9-12-4-2-6-18(12,10-20)17(22)23/h1,3,5,7,12,14-15H,2,4,6,8-10H2,(H,22,23)/t12-,14?,15?,18+/m0/s1. The molecular formula is C18H20ClNO3. The van der Waals surface area contributed by atoms with Crippen molar-refractivity contribution in [3.05, 3.63) is 34.9 Å². The molecule has 1 amide bonds. The minimum Gasteiger partial charge on any atom is -0.481 e. The average molecular weight is 334 g/mol. The Kier molecular flexibility index (Phi) is 3.41. The normalized spacial score (nSPS) is 35.2. The molecule has 4 rings (SSSR count). The molecule has 3 fully saturated rings. The maximum absolute atomic E-state index is 12.8. The Balaban J connectivity index is 1.47. The highest BCUT2D eigenvalue weighted by Gasteiger charge is 2.57. The lowest BCUT2D eigenvalue weighted by atomic mass is 9.81. The number of hydrogen-bond acceptors (Lipinski definition) is 2. The highest BCUT2D eigenvalue weighted by Crippen LogP contribution is 2.53. The Labute approximate surface area is 140 Å². The molecule has 0 aromatic heterocycles. The van der Waals surface area contributed by atoms with Crippen LogP contribution in [0.5, 0.6) is 0 Å². The molecule has 0 spiro atoms. The van der Waals surface area contributed by atoms with Crippen molar-refractivity contribution < 1.29 is 14.7 Å². The van der Waals surface area contributed by atoms with Gasteiger partial charge in [0.25, 0.3) is 0 Å². The van der Waals surface area contributed by atoms with Crippen LogP contribution in [0.3, 0.4) is 0 Å². The van der Waals surface area contributed by atoms with Gasteiger partial charge >= 0.3 is 5.97 Å². The van der Waals surface area contributed by atoms with Crippen LogP contribution < -0.4 is 0 Å². The van der Waals surface area contributed by atoms with Gasteiger partial charge in [0.15, 0.2) is 0 Å². The number of hydrogen-bond donors (Lipinski definition) is 1. The van der Waals surface area contributed by atoms with E-state index in [0.29, 0.717) is 24.5 Å². The van der Waals surface area contributed by atoms with Crippen LogP contribution in [0.4, 0.5) is 0 Å². The van der Waals surface area contributed by atoms with Crippen LogP contribution in [-0.4, -0.2) is 35.0 Å². The van der Waals surface area contributed by atoms with Gasteiger partial charge in [0.05, 0.1) is 5.41 Å². The number of carboxylic acid groups (broad SMARTS) is 1. The van der Waals surface area contributed by atoms with E-state index in [2.05, 4.69) is 0 Å². The van der Waals surface area contributed by atoms with Gasteiger partial charge in [-0.25, -0.2) is 0 Å². The fourth-order valence-electron chi connectivity index (χ4n) is 4.61. The van der Waals surface area contributed by atoms with E-state index in [-0.39, 0.29) is 23.7 Å². The number of likely N-dealkylation sites (tertiary alicyclic amines) is 1. The van der Waals surface area contributed by atoms with Crippen LogP contribution in [0.15, 0.2) is 24.3 Å². The second-order valence-electron chi connectivity index (χ2n) is 7.27. The first kappa shape index (κ1) is 15.0. The lowest BCUT2D eigenvalue weighted by Crippen LogP contribution is -2.37. The van der Waals surface area contributed by atoms with Crippen LogP contribution in [-0.2, 0) is 9.59 Å². The van der Waals surface area contributed by atoms with Crippen molar-refractivity contribution in [1.82, 2.24) is 4.90 Å². The predicted octanol–water partition coefficient (Wildman–Crippen LogP) is 3.16. The number of halogens is 1. The minimum absolute atomic E-state index is 0.00172. The summed E-state index contributed by atoms with van der Waals surface area (Å²) in [6.45, 7) is 1.01. The zero-order valence-electron chi connectivity index (χ0n) is 12.9. The van der Waals surface area contributed by atoms with Gasteiger partial charge in [-0.05, 0) is 48.8 Å². The van der Waals surface area contributed by atoms with Crippen molar-refractivity contribution in [1.29, 1.82) is 0 Å². The van der Waals surface area contributed by atoms with Crippen LogP contribution in [0.2, 0.25) is 5.02 Å². The summed E-state index contributed by atoms with van der Waals surface area (Å²) in [6.07, 6.45) is 3.45. The molecule has 1 aliphatic heterocycles. The Hall–Kier alpha value is -1.55. The van der Waals surface area contributed by atoms with Gasteiger partial charge in [0.2, 0.25) is 5.91 Å². The number of aliphatic carboxylic acids is 1. The van der Waals surface area contributed by atoms with Crippen LogP contribution in [0.1, 0.15) is 37.2 Å². The average Bonchev–Trinajstić information content (AvgIpc) is 3.06. The predicted molar refractivity (Wildman–Crippen MR) is 86.3 cm³/mol. The Morgan fingerprint density at radius 1 is 1.35 bits per heavy atom. The van der Waals surface area contributed by atoms with Gasteiger partial charge in [0.1, 0.15) is 0 Å². The SMILES string of the molecule is O=C(C1CC1c1cccc(Cl)c1)N1C[C@@H]2CCC[C@@]2(C(=O)O)C1. The molecule has 2 unspecified atom stereocenters. The third-order valence-corrected chi connectivity index (χ3v) is 6.23. The Morgan fingerprint density at radius 2 is 2.17 bits per heavy atom. The second kappa shape index (κ2) is 5.23. The molecule has 2 aliphatic carbocycles. The van der Waals surface area contributed by atoms with Crippen LogP contribution in [0, 0.1) is 17.3 Å². The van der Waals surface area contributed by atoms with Crippen LogP contribution in [0.25, 0.3) is 0 Å². The number of amides is 1. The molecule has 2 saturated carbocycles. The van der Waals surface area contributed by atoms with Crippen molar-refractivity contribution in [3.8, 4) is 0 Å². The van der Waals surface area contributed by atoms with Gasteiger partial charge in [-0.3, -0.25) is 9.59 Å². The van der Waals surface area contributed by atoms with E-state index in [1.807, 2.05) is 29.2 Å². The third-order valence-electron chi connectivity index (χ3n) is 5.99. The first-order valence-corrected chi connectivity index (χ1v) is 8.67. The van der Waals surface area contributed by atoms with Gasteiger partial charge in [-0.15, -0.1) is 0 Å². The first-order valence-electron chi connectivity index (χ1n) is 8.29. The quantitative estimate of drug-likeness (QED) is 0.924. The number of nitrogens with zero attached hydrogens (tertiary/aromatic N) is 1. The van der Waals surface area contributed by atoms with E-state index in [9.17, 15) is 14.7 Å². The summed E-state index contributed by atoms with van der Waals surface area (Å²) in [5.74, 6) is -0.227. The second-order valence-corrected chi connectivity index (χ2v) is 7.71. The summed E-state index contributed by atoms with van der Waals surface area (Å²) in [5, 5.41) is 10.3. The summed E-state index contributed by atoms with van der Waals surface area (Å²) >= 11 is 6.03. The summed E-state index contributed by atoms with van der Waals surface area (Å²) < 4.78 is 0. The van der Waals surface area contributed by atoms with E-state index in [0.717, 1.165) is 24.8 Å². The first-order chi connectivity index (χ1) is 11.0. The molecule has 3 aliphatic rings. The van der Waals surface area contributed by atoms with E-state index >= 15 is 0 Å². The molecule has 1 heterocycles. The van der Waals surface area contributed by atoms with Gasteiger partial charge in [0, 0.05) is 24.0 Å². The molecule has 4 nitrogen and oxygen atoms in total. The molecule has 122 valence electrons. The molecule has 1 aromatic carbocycles. The van der Waals surface area contributed by atoms with Crippen LogP contribution >= 0.6 is 11.6 Å². The molecule has 1 aromatic rings. The number of carbonyl (C=O) groups excluding carboxylic acids is 1. The zero-order valence-corrected chi connectivity index (χ0v) is 13.6. The van der Waals surface area contributed by atoms with Gasteiger partial charge in [-0.1, -0.05) is 30.2 Å². The van der Waals surface area contributed by atoms with E-state index in [1.54, 1.807) is 0 Å². The van der Waals surface area contributed by atoms with Crippen molar-refractivity contribution >= 4 is 23.5 Å². The molecule has 1 saturated heterocycles. The number of carboxylic acids is 1. The summed E-state index contributed by atoms with van der Waals surface area (Å²) in [7, 11) is 0. The largest absolute Gasteiger partial charge is 0.481 e. The van der Waals surface area contributed by atoms with Crippen molar-refractivity contribution in [2.75, 3.05) is 13.1 Å². The van der Waals surface area contributed by atoms with Gasteiger partial charge < -0.3 is 10.0 Å². The number of fused-ring (bicyclic) bond motifs is 1. The molecule has 0 bridgehead atoms. The van der Waals surface area contributed by atoms with E-state index < -0.39 is 11.4 Å². The highest BCUT2D eigenvalue weighted by molar-refractivity contribution is 6.30. The maximum Gasteiger partial charge on any atom is 0.311 e.